The molecule has 1 rings (SSSR count). The Balaban J connectivity index is -0.0000000580. The Morgan fingerprint density at radius 2 is 1.18 bits per heavy atom. The van der Waals surface area contributed by atoms with E-state index in [1.165, 1.54) is 0 Å². The smallest absolute Gasteiger partial charge is 0.380 e. The van der Waals surface area contributed by atoms with E-state index in [9.17, 15) is 23.8 Å². The fraction of sp³-hybridized carbons (Fsp3) is 0.930. The van der Waals surface area contributed by atoms with E-state index in [2.05, 4.69) is 43.6 Å². The van der Waals surface area contributed by atoms with E-state index >= 15 is 0 Å². The Labute approximate surface area is 353 Å². The summed E-state index contributed by atoms with van der Waals surface area (Å²) in [5.74, 6) is 2.05. The third-order valence-corrected chi connectivity index (χ3v) is 7.57. The molecule has 1 heterocycles. The molecular weight excluding hydrogens is 731 g/mol. The van der Waals surface area contributed by atoms with Gasteiger partial charge in [-0.15, -0.1) is 0 Å². The number of nitrogens with one attached hydrogen (secondary N) is 3. The van der Waals surface area contributed by atoms with Crippen LogP contribution in [0.3, 0.4) is 0 Å². The Bertz CT molecular complexity index is 880. The largest absolute Gasteiger partial charge is 0.472 e. The van der Waals surface area contributed by atoms with Crippen molar-refractivity contribution in [2.75, 3.05) is 46.1 Å². The summed E-state index contributed by atoms with van der Waals surface area (Å²) in [6.07, 6.45) is 3.05. The van der Waals surface area contributed by atoms with Crippen molar-refractivity contribution < 1.29 is 37.6 Å². The molecule has 13 heteroatoms. The van der Waals surface area contributed by atoms with Crippen LogP contribution >= 0.6 is 7.82 Å². The van der Waals surface area contributed by atoms with E-state index in [4.69, 9.17) is 13.8 Å². The van der Waals surface area contributed by atoms with Crippen molar-refractivity contribution in [2.45, 2.75) is 194 Å². The van der Waals surface area contributed by atoms with Crippen LogP contribution in [0.1, 0.15) is 182 Å². The summed E-state index contributed by atoms with van der Waals surface area (Å²) in [5.41, 5.74) is 0. The molecule has 1 fully saturated rings. The summed E-state index contributed by atoms with van der Waals surface area (Å²) < 4.78 is 27.3. The van der Waals surface area contributed by atoms with Crippen LogP contribution in [-0.4, -0.2) is 85.8 Å². The van der Waals surface area contributed by atoms with Crippen LogP contribution in [0.25, 0.3) is 0 Å². The maximum Gasteiger partial charge on any atom is 0.472 e. The van der Waals surface area contributed by atoms with E-state index in [0.717, 1.165) is 13.0 Å². The predicted octanol–water partition coefficient (Wildman–Crippen LogP) is 11.5. The standard InChI is InChI=1S/C14H28NO5P.C11H23NO2.C9H20N2O.9CH4/c1-11(2)9-14(16)15-7-5-13(6-8-15)20-21(17,18)19-10-12(3)4;1-9(2)5-7-14-8-6-12-11(13)10(3)4;1-7(2)5-9(12)11-6-10-8(3)4;;;;;;;;;/h11-13H,5-10H2,1-4H3,(H,17,18);9-10H,5-8H2,1-4H3,(H,12,13);7-8,10H,5-6H2,1-4H3,(H,11,12);9*1H4. The molecule has 0 aliphatic carbocycles. The molecule has 0 bridgehead atoms. The molecule has 0 spiro atoms. The number of amides is 3. The van der Waals surface area contributed by atoms with E-state index in [-0.39, 0.29) is 109 Å². The molecule has 1 aliphatic rings. The van der Waals surface area contributed by atoms with Gasteiger partial charge in [-0.05, 0) is 56.8 Å². The first-order valence-electron chi connectivity index (χ1n) is 17.5. The lowest BCUT2D eigenvalue weighted by Gasteiger charge is -2.32. The Hall–Kier alpha value is -1.56. The molecule has 0 saturated carbocycles. The number of carbonyl (C=O) groups excluding carboxylic acids is 3. The Morgan fingerprint density at radius 3 is 1.57 bits per heavy atom. The molecule has 1 aliphatic heterocycles. The van der Waals surface area contributed by atoms with Gasteiger partial charge in [0.15, 0.2) is 0 Å². The molecule has 1 saturated heterocycles. The second-order valence-corrected chi connectivity index (χ2v) is 15.8. The quantitative estimate of drug-likeness (QED) is 0.0565. The number of hydrogen-bond acceptors (Lipinski definition) is 8. The lowest BCUT2D eigenvalue weighted by atomic mass is 10.1. The van der Waals surface area contributed by atoms with Gasteiger partial charge in [-0.2, -0.15) is 0 Å². The first kappa shape index (κ1) is 82.4. The van der Waals surface area contributed by atoms with Gasteiger partial charge in [-0.1, -0.05) is 136 Å². The highest BCUT2D eigenvalue weighted by atomic mass is 31.2. The highest BCUT2D eigenvalue weighted by Crippen LogP contribution is 2.46. The normalized spacial score (nSPS) is 12.6. The molecular formula is C43H107N4O8P. The van der Waals surface area contributed by atoms with Gasteiger partial charge in [0.2, 0.25) is 17.7 Å². The van der Waals surface area contributed by atoms with Gasteiger partial charge in [-0.25, -0.2) is 4.57 Å². The van der Waals surface area contributed by atoms with Gasteiger partial charge in [0.1, 0.15) is 0 Å². The number of hydrogen-bond donors (Lipinski definition) is 4. The highest BCUT2D eigenvalue weighted by molar-refractivity contribution is 7.47. The van der Waals surface area contributed by atoms with Crippen molar-refractivity contribution in [3.63, 3.8) is 0 Å². The van der Waals surface area contributed by atoms with Crippen molar-refractivity contribution in [1.82, 2.24) is 20.9 Å². The average molecular weight is 839 g/mol. The second-order valence-electron chi connectivity index (χ2n) is 14.4. The molecule has 3 amide bonds. The van der Waals surface area contributed by atoms with Gasteiger partial charge in [0, 0.05) is 51.0 Å². The van der Waals surface area contributed by atoms with Gasteiger partial charge in [0.05, 0.1) is 26.0 Å². The second kappa shape index (κ2) is 47.8. The molecule has 1 unspecified atom stereocenters. The summed E-state index contributed by atoms with van der Waals surface area (Å²) in [5, 5.41) is 8.72. The fourth-order valence-corrected chi connectivity index (χ4v) is 4.95. The molecule has 0 aromatic rings. The van der Waals surface area contributed by atoms with Crippen molar-refractivity contribution >= 4 is 25.5 Å². The molecule has 56 heavy (non-hydrogen) atoms. The summed E-state index contributed by atoms with van der Waals surface area (Å²) in [7, 11) is -3.98. The topological polar surface area (TPSA) is 156 Å². The van der Waals surface area contributed by atoms with Crippen LogP contribution in [0.15, 0.2) is 0 Å². The summed E-state index contributed by atoms with van der Waals surface area (Å²) in [6.45, 7) is 28.0. The molecule has 4 N–H and O–H groups in total. The number of carbonyl (C=O) groups is 3. The first-order valence-corrected chi connectivity index (χ1v) is 19.0. The van der Waals surface area contributed by atoms with Gasteiger partial charge in [0.25, 0.3) is 0 Å². The van der Waals surface area contributed by atoms with Crippen LogP contribution in [0.4, 0.5) is 0 Å². The number of phosphoric acid groups is 1. The van der Waals surface area contributed by atoms with Crippen LogP contribution in [0.2, 0.25) is 0 Å². The van der Waals surface area contributed by atoms with Crippen molar-refractivity contribution in [1.29, 1.82) is 0 Å². The number of ether oxygens (including phenoxy) is 1. The van der Waals surface area contributed by atoms with Crippen LogP contribution in [-0.2, 0) is 32.7 Å². The monoisotopic (exact) mass is 839 g/mol. The summed E-state index contributed by atoms with van der Waals surface area (Å²) >= 11 is 0. The van der Waals surface area contributed by atoms with Crippen molar-refractivity contribution in [3.8, 4) is 0 Å². The highest BCUT2D eigenvalue weighted by Gasteiger charge is 2.31. The third kappa shape index (κ3) is 54.5. The van der Waals surface area contributed by atoms with Crippen LogP contribution < -0.4 is 16.0 Å². The summed E-state index contributed by atoms with van der Waals surface area (Å²) in [6, 6.07) is 0.421. The lowest BCUT2D eigenvalue weighted by Crippen LogP contribution is -2.41. The minimum Gasteiger partial charge on any atom is -0.380 e. The number of nitrogens with zero attached hydrogens (tertiary/aromatic N) is 1. The third-order valence-electron chi connectivity index (χ3n) is 6.53. The maximum absolute atomic E-state index is 11.9. The van der Waals surface area contributed by atoms with Crippen molar-refractivity contribution in [3.05, 3.63) is 0 Å². The minimum atomic E-state index is -3.98. The predicted molar refractivity (Wildman–Crippen MR) is 250 cm³/mol. The first-order chi connectivity index (χ1) is 21.7. The molecule has 0 aromatic carbocycles. The zero-order valence-corrected chi connectivity index (χ0v) is 32.6. The Morgan fingerprint density at radius 1 is 0.696 bits per heavy atom. The number of phosphoric ester groups is 1. The molecule has 0 radical (unpaired) electrons. The van der Waals surface area contributed by atoms with Crippen molar-refractivity contribution in [2.24, 2.45) is 29.6 Å². The lowest BCUT2D eigenvalue weighted by molar-refractivity contribution is -0.133. The van der Waals surface area contributed by atoms with E-state index in [0.29, 0.717) is 82.4 Å². The van der Waals surface area contributed by atoms with Gasteiger partial charge < -0.3 is 25.2 Å². The molecule has 0 aromatic heterocycles. The number of rotatable bonds is 19. The number of piperidine rings is 1. The van der Waals surface area contributed by atoms with E-state index in [1.807, 2.05) is 55.4 Å². The molecule has 12 nitrogen and oxygen atoms in total. The van der Waals surface area contributed by atoms with E-state index in [1.54, 1.807) is 4.90 Å². The number of likely N-dealkylation sites (tertiary alicyclic amines) is 1. The van der Waals surface area contributed by atoms with E-state index < -0.39 is 7.82 Å². The van der Waals surface area contributed by atoms with Gasteiger partial charge in [-0.3, -0.25) is 28.7 Å². The zero-order valence-electron chi connectivity index (χ0n) is 31.7. The zero-order chi connectivity index (χ0) is 36.6. The molecule has 352 valence electrons. The maximum atomic E-state index is 11.9. The SMILES string of the molecule is C.C.C.C.C.C.C.C.C.CC(C)CC(=O)NCNC(C)C.CC(C)CCOCCNC(=O)C(C)C.CC(C)COP(=O)(O)OC1CCN(C(=O)CC(C)C)CC1. The molecule has 1 atom stereocenters. The minimum absolute atomic E-state index is 0. The summed E-state index contributed by atoms with van der Waals surface area (Å²) in [4.78, 5) is 45.6. The van der Waals surface area contributed by atoms with Gasteiger partial charge >= 0.3 is 7.82 Å². The van der Waals surface area contributed by atoms with Crippen LogP contribution in [0, 0.1) is 29.6 Å². The fourth-order valence-electron chi connectivity index (χ4n) is 3.82. The average Bonchev–Trinajstić information content (AvgIpc) is 2.93. The Kier molecular flexibility index (Phi) is 70.3. The van der Waals surface area contributed by atoms with Crippen LogP contribution in [0.5, 0.6) is 0 Å².